The van der Waals surface area contributed by atoms with E-state index in [0.717, 1.165) is 24.2 Å². The molecule has 8 rings (SSSR count). The van der Waals surface area contributed by atoms with Crippen molar-refractivity contribution in [1.29, 1.82) is 0 Å². The molecule has 3 aliphatic carbocycles. The van der Waals surface area contributed by atoms with E-state index in [-0.39, 0.29) is 18.4 Å². The Balaban J connectivity index is 1.16. The monoisotopic (exact) mass is 624 g/mol. The van der Waals surface area contributed by atoms with E-state index in [4.69, 9.17) is 25.8 Å². The molecule has 1 amide bonds. The summed E-state index contributed by atoms with van der Waals surface area (Å²) in [5.74, 6) is -0.398. The van der Waals surface area contributed by atoms with Crippen LogP contribution in [0, 0.1) is 5.92 Å². The van der Waals surface area contributed by atoms with Gasteiger partial charge in [0.25, 0.3) is 0 Å². The summed E-state index contributed by atoms with van der Waals surface area (Å²) in [6.07, 6.45) is 2.82. The number of hydrogen-bond acceptors (Lipinski definition) is 8. The molecule has 9 nitrogen and oxygen atoms in total. The Hall–Kier alpha value is -2.40. The summed E-state index contributed by atoms with van der Waals surface area (Å²) in [6, 6.07) is 9.71. The molecule has 3 heterocycles. The lowest BCUT2D eigenvalue weighted by atomic mass is 9.48. The van der Waals surface area contributed by atoms with Crippen LogP contribution in [0.4, 0.5) is 4.79 Å². The molecular weight excluding hydrogens is 584 g/mol. The zero-order chi connectivity index (χ0) is 30.8. The highest BCUT2D eigenvalue weighted by molar-refractivity contribution is 6.30. The van der Waals surface area contributed by atoms with E-state index in [2.05, 4.69) is 4.90 Å². The summed E-state index contributed by atoms with van der Waals surface area (Å²) < 4.78 is 18.8. The van der Waals surface area contributed by atoms with Crippen LogP contribution in [0.5, 0.6) is 11.5 Å². The van der Waals surface area contributed by atoms with Crippen molar-refractivity contribution < 1.29 is 34.3 Å². The largest absolute Gasteiger partial charge is 0.482 e. The first-order valence-electron chi connectivity index (χ1n) is 16.0. The third-order valence-corrected chi connectivity index (χ3v) is 11.8. The van der Waals surface area contributed by atoms with Gasteiger partial charge in [-0.1, -0.05) is 29.8 Å². The van der Waals surface area contributed by atoms with Crippen LogP contribution in [0.1, 0.15) is 69.6 Å². The van der Waals surface area contributed by atoms with Crippen LogP contribution >= 0.6 is 11.6 Å². The molecule has 2 aromatic rings. The maximum atomic E-state index is 14.1. The second kappa shape index (κ2) is 9.56. The smallest absolute Gasteiger partial charge is 0.416 e. The molecule has 3 aliphatic heterocycles. The summed E-state index contributed by atoms with van der Waals surface area (Å²) in [7, 11) is 0. The van der Waals surface area contributed by atoms with E-state index >= 15 is 0 Å². The molecule has 1 spiro atoms. The van der Waals surface area contributed by atoms with E-state index in [1.807, 2.05) is 19.9 Å². The number of aliphatic hydroxyl groups is 3. The minimum Gasteiger partial charge on any atom is -0.482 e. The van der Waals surface area contributed by atoms with E-state index in [1.165, 1.54) is 17.7 Å². The second-order valence-corrected chi connectivity index (χ2v) is 15.0. The molecule has 2 unspecified atom stereocenters. The number of piperidine rings is 1. The van der Waals surface area contributed by atoms with Gasteiger partial charge in [0, 0.05) is 28.7 Å². The lowest BCUT2D eigenvalue weighted by molar-refractivity contribution is -0.293. The minimum atomic E-state index is -1.81. The van der Waals surface area contributed by atoms with Gasteiger partial charge in [-0.15, -0.1) is 0 Å². The molecule has 10 heteroatoms. The third-order valence-electron chi connectivity index (χ3n) is 11.6. The van der Waals surface area contributed by atoms with Crippen molar-refractivity contribution in [3.63, 3.8) is 0 Å². The second-order valence-electron chi connectivity index (χ2n) is 14.6. The van der Waals surface area contributed by atoms with Crippen LogP contribution in [-0.2, 0) is 22.4 Å². The molecule has 0 radical (unpaired) electrons. The van der Waals surface area contributed by atoms with Gasteiger partial charge in [0.2, 0.25) is 5.79 Å². The number of morpholine rings is 1. The fraction of sp³-hybridized carbons (Fsp3) is 0.618. The molecular formula is C34H41ClN2O7. The van der Waals surface area contributed by atoms with Gasteiger partial charge in [-0.3, -0.25) is 9.80 Å². The molecule has 7 atom stereocenters. The van der Waals surface area contributed by atoms with Crippen molar-refractivity contribution in [3.8, 4) is 11.5 Å². The van der Waals surface area contributed by atoms with Crippen LogP contribution in [0.15, 0.2) is 36.4 Å². The normalized spacial score (nSPS) is 38.6. The fourth-order valence-corrected chi connectivity index (χ4v) is 9.48. The van der Waals surface area contributed by atoms with Crippen LogP contribution in [0.2, 0.25) is 5.02 Å². The predicted molar refractivity (Wildman–Crippen MR) is 162 cm³/mol. The first kappa shape index (κ1) is 29.0. The van der Waals surface area contributed by atoms with Crippen molar-refractivity contribution in [1.82, 2.24) is 9.80 Å². The number of hydrogen-bond donors (Lipinski definition) is 3. The highest BCUT2D eigenvalue weighted by Gasteiger charge is 2.73. The SMILES string of the molecule is CC1N(C(=O)Oc2ccc3c4c2O[C@H]2[C@H](O)CC[C@@]5(O)[C@@H](C3)N(CC3CC3)CC[C@]425)C(C)(C)COC1(O)c1cccc(Cl)c1. The first-order chi connectivity index (χ1) is 20.9. The number of ether oxygens (including phenoxy) is 3. The van der Waals surface area contributed by atoms with Crippen molar-refractivity contribution >= 4 is 17.7 Å². The van der Waals surface area contributed by atoms with Crippen LogP contribution in [0.25, 0.3) is 0 Å². The zero-order valence-corrected chi connectivity index (χ0v) is 26.2. The number of benzene rings is 2. The Labute approximate surface area is 262 Å². The van der Waals surface area contributed by atoms with Crippen LogP contribution in [-0.4, -0.2) is 86.3 Å². The number of carbonyl (C=O) groups excluding carboxylic acids is 1. The van der Waals surface area contributed by atoms with Gasteiger partial charge >= 0.3 is 6.09 Å². The average molecular weight is 625 g/mol. The standard InChI is InChI=1S/C34H41ClN2O7/c1-19-34(41,22-5-4-6-23(35)16-22)42-18-31(2,3)37(19)30(39)43-25-10-9-21-15-26-33(40)12-11-24(38)29-32(33,27(21)28(25)44-29)13-14-36(26)17-20-7-8-20/h4-6,9-10,16,19-20,24,26,29,38,40-41H,7-8,11-15,17-18H2,1-3H3/t19?,24-,26-,29+,32+,33-,34?/m1/s1. The fourth-order valence-electron chi connectivity index (χ4n) is 9.29. The first-order valence-corrected chi connectivity index (χ1v) is 16.4. The van der Waals surface area contributed by atoms with Gasteiger partial charge in [0.1, 0.15) is 6.10 Å². The van der Waals surface area contributed by atoms with E-state index in [0.29, 0.717) is 47.9 Å². The molecule has 2 aromatic carbocycles. The Bertz CT molecular complexity index is 1530. The van der Waals surface area contributed by atoms with Gasteiger partial charge in [-0.2, -0.15) is 0 Å². The third kappa shape index (κ3) is 3.86. The summed E-state index contributed by atoms with van der Waals surface area (Å²) in [6.45, 7) is 7.36. The van der Waals surface area contributed by atoms with Gasteiger partial charge in [-0.05, 0) is 95.5 Å². The van der Waals surface area contributed by atoms with Crippen molar-refractivity contribution in [2.75, 3.05) is 19.7 Å². The molecule has 2 saturated carbocycles. The number of rotatable bonds is 4. The topological polar surface area (TPSA) is 112 Å². The average Bonchev–Trinajstić information content (AvgIpc) is 3.72. The van der Waals surface area contributed by atoms with E-state index in [9.17, 15) is 20.1 Å². The number of halogens is 1. The van der Waals surface area contributed by atoms with Gasteiger partial charge < -0.3 is 29.5 Å². The van der Waals surface area contributed by atoms with Crippen molar-refractivity contribution in [2.45, 2.75) is 106 Å². The quantitative estimate of drug-likeness (QED) is 0.466. The summed E-state index contributed by atoms with van der Waals surface area (Å²) in [4.78, 5) is 18.1. The van der Waals surface area contributed by atoms with Crippen LogP contribution < -0.4 is 9.47 Å². The Morgan fingerprint density at radius 2 is 1.93 bits per heavy atom. The molecule has 6 aliphatic rings. The van der Waals surface area contributed by atoms with Gasteiger partial charge in [0.05, 0.1) is 35.3 Å². The summed E-state index contributed by atoms with van der Waals surface area (Å²) >= 11 is 6.23. The molecule has 2 saturated heterocycles. The Morgan fingerprint density at radius 3 is 2.68 bits per heavy atom. The van der Waals surface area contributed by atoms with Crippen LogP contribution in [0.3, 0.4) is 0 Å². The van der Waals surface area contributed by atoms with Gasteiger partial charge in [-0.25, -0.2) is 4.79 Å². The van der Waals surface area contributed by atoms with Crippen molar-refractivity contribution in [2.24, 2.45) is 5.92 Å². The molecule has 236 valence electrons. The maximum absolute atomic E-state index is 14.1. The Kier molecular flexibility index (Phi) is 6.31. The highest BCUT2D eigenvalue weighted by Crippen LogP contribution is 2.65. The summed E-state index contributed by atoms with van der Waals surface area (Å²) in [5, 5.41) is 36.1. The number of aliphatic hydroxyl groups excluding tert-OH is 1. The highest BCUT2D eigenvalue weighted by atomic mass is 35.5. The predicted octanol–water partition coefficient (Wildman–Crippen LogP) is 4.11. The number of nitrogens with zero attached hydrogens (tertiary/aromatic N) is 2. The zero-order valence-electron chi connectivity index (χ0n) is 25.5. The van der Waals surface area contributed by atoms with E-state index < -0.39 is 46.7 Å². The van der Waals surface area contributed by atoms with Gasteiger partial charge in [0.15, 0.2) is 11.5 Å². The molecule has 3 N–H and O–H groups in total. The lowest BCUT2D eigenvalue weighted by Crippen LogP contribution is -2.77. The van der Waals surface area contributed by atoms with Crippen molar-refractivity contribution in [3.05, 3.63) is 58.1 Å². The summed E-state index contributed by atoms with van der Waals surface area (Å²) in [5.41, 5.74) is -0.191. The molecule has 2 bridgehead atoms. The number of carbonyl (C=O) groups is 1. The number of amides is 1. The number of likely N-dealkylation sites (tertiary alicyclic amines) is 1. The molecule has 0 aromatic heterocycles. The minimum absolute atomic E-state index is 0.0403. The lowest BCUT2D eigenvalue weighted by Gasteiger charge is -2.63. The Morgan fingerprint density at radius 1 is 1.14 bits per heavy atom. The van der Waals surface area contributed by atoms with E-state index in [1.54, 1.807) is 37.3 Å². The maximum Gasteiger partial charge on any atom is 0.416 e. The molecule has 4 fully saturated rings. The molecule has 44 heavy (non-hydrogen) atoms.